The van der Waals surface area contributed by atoms with Crippen molar-refractivity contribution in [3.05, 3.63) is 29.6 Å². The number of methoxy groups -OCH3 is 1. The van der Waals surface area contributed by atoms with Gasteiger partial charge in [0.05, 0.1) is 13.7 Å². The van der Waals surface area contributed by atoms with Crippen molar-refractivity contribution in [3.8, 4) is 5.75 Å². The van der Waals surface area contributed by atoms with Gasteiger partial charge < -0.3 is 14.8 Å². The molecule has 1 saturated heterocycles. The zero-order chi connectivity index (χ0) is 12.3. The molecule has 2 unspecified atom stereocenters. The van der Waals surface area contributed by atoms with Gasteiger partial charge in [-0.2, -0.15) is 0 Å². The molecule has 1 aromatic rings. The number of hydrogen-bond donors (Lipinski definition) is 1. The van der Waals surface area contributed by atoms with Crippen LogP contribution in [0.4, 0.5) is 4.39 Å². The minimum absolute atomic E-state index is 0.0853. The molecule has 2 atom stereocenters. The summed E-state index contributed by atoms with van der Waals surface area (Å²) >= 11 is 0. The molecule has 0 aromatic heterocycles. The monoisotopic (exact) mass is 239 g/mol. The topological polar surface area (TPSA) is 30.5 Å². The molecular formula is C13H18FNO2. The van der Waals surface area contributed by atoms with Crippen LogP contribution < -0.4 is 10.1 Å². The van der Waals surface area contributed by atoms with Crippen LogP contribution in [0.2, 0.25) is 0 Å². The van der Waals surface area contributed by atoms with Gasteiger partial charge in [-0.3, -0.25) is 0 Å². The smallest absolute Gasteiger partial charge is 0.131 e. The first-order valence-electron chi connectivity index (χ1n) is 5.88. The lowest BCUT2D eigenvalue weighted by molar-refractivity contribution is 0.188. The van der Waals surface area contributed by atoms with Crippen LogP contribution in [0, 0.1) is 5.82 Å². The Hall–Kier alpha value is -1.13. The Morgan fingerprint density at radius 3 is 3.00 bits per heavy atom. The quantitative estimate of drug-likeness (QED) is 0.874. The predicted octanol–water partition coefficient (Wildman–Crippen LogP) is 2.27. The van der Waals surface area contributed by atoms with Crippen molar-refractivity contribution in [2.24, 2.45) is 0 Å². The number of hydrogen-bond acceptors (Lipinski definition) is 3. The van der Waals surface area contributed by atoms with E-state index < -0.39 is 0 Å². The Bertz CT molecular complexity index is 378. The van der Waals surface area contributed by atoms with E-state index in [0.29, 0.717) is 24.0 Å². The zero-order valence-electron chi connectivity index (χ0n) is 10.2. The van der Waals surface area contributed by atoms with Crippen molar-refractivity contribution in [1.82, 2.24) is 5.32 Å². The van der Waals surface area contributed by atoms with E-state index in [1.807, 2.05) is 6.92 Å². The normalized spacial score (nSPS) is 21.5. The van der Waals surface area contributed by atoms with Crippen LogP contribution in [-0.4, -0.2) is 26.4 Å². The molecule has 0 aliphatic carbocycles. The highest BCUT2D eigenvalue weighted by atomic mass is 19.1. The third-order valence-electron chi connectivity index (χ3n) is 3.08. The van der Waals surface area contributed by atoms with Gasteiger partial charge in [-0.15, -0.1) is 0 Å². The molecule has 0 amide bonds. The summed E-state index contributed by atoms with van der Waals surface area (Å²) in [7, 11) is 1.56. The van der Waals surface area contributed by atoms with Gasteiger partial charge in [0.15, 0.2) is 0 Å². The van der Waals surface area contributed by atoms with Gasteiger partial charge in [0.25, 0.3) is 0 Å². The lowest BCUT2D eigenvalue weighted by atomic mass is 10.1. The second-order valence-corrected chi connectivity index (χ2v) is 4.30. The summed E-state index contributed by atoms with van der Waals surface area (Å²) in [6.45, 7) is 3.42. The van der Waals surface area contributed by atoms with Gasteiger partial charge in [-0.05, 0) is 25.5 Å². The molecule has 0 bridgehead atoms. The maximum Gasteiger partial charge on any atom is 0.131 e. The minimum atomic E-state index is -0.233. The van der Waals surface area contributed by atoms with Gasteiger partial charge in [0, 0.05) is 24.3 Å². The van der Waals surface area contributed by atoms with Gasteiger partial charge >= 0.3 is 0 Å². The number of benzene rings is 1. The Morgan fingerprint density at radius 2 is 2.35 bits per heavy atom. The van der Waals surface area contributed by atoms with Gasteiger partial charge in [0.1, 0.15) is 11.6 Å². The highest BCUT2D eigenvalue weighted by molar-refractivity contribution is 5.37. The molecule has 2 rings (SSSR count). The minimum Gasteiger partial charge on any atom is -0.496 e. The molecule has 0 radical (unpaired) electrons. The first-order valence-corrected chi connectivity index (χ1v) is 5.88. The van der Waals surface area contributed by atoms with Crippen molar-refractivity contribution in [1.29, 1.82) is 0 Å². The Morgan fingerprint density at radius 1 is 1.53 bits per heavy atom. The van der Waals surface area contributed by atoms with Crippen LogP contribution in [0.3, 0.4) is 0 Å². The van der Waals surface area contributed by atoms with Gasteiger partial charge in [-0.25, -0.2) is 4.39 Å². The molecule has 0 spiro atoms. The summed E-state index contributed by atoms with van der Waals surface area (Å²) in [5.41, 5.74) is 0.585. The van der Waals surface area contributed by atoms with Crippen molar-refractivity contribution < 1.29 is 13.9 Å². The summed E-state index contributed by atoms with van der Waals surface area (Å²) in [6, 6.07) is 5.11. The number of nitrogens with one attached hydrogen (secondary N) is 1. The van der Waals surface area contributed by atoms with Crippen molar-refractivity contribution in [2.75, 3.05) is 20.3 Å². The van der Waals surface area contributed by atoms with Crippen molar-refractivity contribution in [3.63, 3.8) is 0 Å². The number of rotatable bonds is 4. The third-order valence-corrected chi connectivity index (χ3v) is 3.08. The predicted molar refractivity (Wildman–Crippen MR) is 63.7 cm³/mol. The molecule has 1 heterocycles. The summed E-state index contributed by atoms with van der Waals surface area (Å²) in [5.74, 6) is 0.354. The number of halogens is 1. The molecule has 3 nitrogen and oxygen atoms in total. The van der Waals surface area contributed by atoms with E-state index in [0.717, 1.165) is 13.0 Å². The molecule has 4 heteroatoms. The molecule has 94 valence electrons. The fourth-order valence-electron chi connectivity index (χ4n) is 2.22. The van der Waals surface area contributed by atoms with Crippen LogP contribution in [0.5, 0.6) is 5.75 Å². The molecule has 17 heavy (non-hydrogen) atoms. The lowest BCUT2D eigenvalue weighted by Crippen LogP contribution is -2.32. The second kappa shape index (κ2) is 5.47. The van der Waals surface area contributed by atoms with E-state index in [1.165, 1.54) is 6.07 Å². The van der Waals surface area contributed by atoms with Crippen LogP contribution in [0.1, 0.15) is 24.9 Å². The van der Waals surface area contributed by atoms with Crippen molar-refractivity contribution >= 4 is 0 Å². The lowest BCUT2D eigenvalue weighted by Gasteiger charge is -2.21. The maximum atomic E-state index is 13.8. The fraction of sp³-hybridized carbons (Fsp3) is 0.538. The summed E-state index contributed by atoms with van der Waals surface area (Å²) in [5, 5.41) is 3.37. The van der Waals surface area contributed by atoms with Crippen LogP contribution in [0.15, 0.2) is 18.2 Å². The molecule has 1 aliphatic heterocycles. The molecule has 1 N–H and O–H groups in total. The molecule has 1 aromatic carbocycles. The van der Waals surface area contributed by atoms with Crippen LogP contribution in [0.25, 0.3) is 0 Å². The molecule has 1 fully saturated rings. The Kier molecular flexibility index (Phi) is 3.97. The molecular weight excluding hydrogens is 221 g/mol. The first kappa shape index (κ1) is 12.3. The first-order chi connectivity index (χ1) is 8.22. The summed E-state index contributed by atoms with van der Waals surface area (Å²) in [4.78, 5) is 0. The molecule has 0 saturated carbocycles. The van der Waals surface area contributed by atoms with Crippen LogP contribution in [-0.2, 0) is 4.74 Å². The Balaban J connectivity index is 2.14. The number of ether oxygens (including phenoxy) is 2. The standard InChI is InChI=1S/C13H18FNO2/c1-9(15-10-6-7-17-8-10)13-11(14)4-3-5-12(13)16-2/h3-5,9-10,15H,6-8H2,1-2H3. The van der Waals surface area contributed by atoms with E-state index in [9.17, 15) is 4.39 Å². The van der Waals surface area contributed by atoms with Gasteiger partial charge in [0.2, 0.25) is 0 Å². The van der Waals surface area contributed by atoms with Gasteiger partial charge in [-0.1, -0.05) is 6.07 Å². The second-order valence-electron chi connectivity index (χ2n) is 4.30. The SMILES string of the molecule is COc1cccc(F)c1C(C)NC1CCOC1. The maximum absolute atomic E-state index is 13.8. The summed E-state index contributed by atoms with van der Waals surface area (Å²) < 4.78 is 24.3. The van der Waals surface area contributed by atoms with Crippen molar-refractivity contribution in [2.45, 2.75) is 25.4 Å². The third kappa shape index (κ3) is 2.76. The van der Waals surface area contributed by atoms with E-state index in [1.54, 1.807) is 19.2 Å². The average Bonchev–Trinajstić information content (AvgIpc) is 2.81. The van der Waals surface area contributed by atoms with E-state index >= 15 is 0 Å². The van der Waals surface area contributed by atoms with Crippen LogP contribution >= 0.6 is 0 Å². The van der Waals surface area contributed by atoms with E-state index in [2.05, 4.69) is 5.32 Å². The Labute approximate surface area is 101 Å². The average molecular weight is 239 g/mol. The largest absolute Gasteiger partial charge is 0.496 e. The zero-order valence-corrected chi connectivity index (χ0v) is 10.2. The summed E-state index contributed by atoms with van der Waals surface area (Å²) in [6.07, 6.45) is 0.973. The highest BCUT2D eigenvalue weighted by Crippen LogP contribution is 2.28. The molecule has 1 aliphatic rings. The van der Waals surface area contributed by atoms with E-state index in [4.69, 9.17) is 9.47 Å². The van der Waals surface area contributed by atoms with E-state index in [-0.39, 0.29) is 11.9 Å². The highest BCUT2D eigenvalue weighted by Gasteiger charge is 2.22. The fourth-order valence-corrected chi connectivity index (χ4v) is 2.22.